The number of anilines is 2. The van der Waals surface area contributed by atoms with Gasteiger partial charge in [0, 0.05) is 32.8 Å². The summed E-state index contributed by atoms with van der Waals surface area (Å²) < 4.78 is 108. The molecule has 0 aromatic heterocycles. The van der Waals surface area contributed by atoms with Crippen molar-refractivity contribution < 1.29 is 132 Å². The average Bonchev–Trinajstić information content (AvgIpc) is 3.15. The first-order valence-electron chi connectivity index (χ1n) is 15.9. The first-order chi connectivity index (χ1) is 26.5. The minimum atomic E-state index is -5.21. The van der Waals surface area contributed by atoms with Crippen molar-refractivity contribution in [1.82, 2.24) is 0 Å². The van der Waals surface area contributed by atoms with E-state index in [2.05, 4.69) is 31.0 Å². The second-order valence-electron chi connectivity index (χ2n) is 12.0. The third-order valence-corrected chi connectivity index (χ3v) is 10.9. The average molecular weight is 878 g/mol. The van der Waals surface area contributed by atoms with Gasteiger partial charge in [-0.2, -0.15) is 10.2 Å². The van der Waals surface area contributed by atoms with Gasteiger partial charge in [-0.15, -0.1) is 15.3 Å². The van der Waals surface area contributed by atoms with Gasteiger partial charge in [0.1, 0.15) is 36.1 Å². The number of hydrogen-bond donors (Lipinski definition) is 2. The van der Waals surface area contributed by atoms with Crippen LogP contribution >= 0.6 is 0 Å². The van der Waals surface area contributed by atoms with Crippen LogP contribution in [0, 0.1) is 0 Å². The fourth-order valence-electron chi connectivity index (χ4n) is 5.75. The summed E-state index contributed by atoms with van der Waals surface area (Å²) in [6.45, 7) is 0. The van der Waals surface area contributed by atoms with Crippen molar-refractivity contribution in [1.29, 1.82) is 0 Å². The summed E-state index contributed by atoms with van der Waals surface area (Å²) in [4.78, 5) is 11.3. The maximum atomic E-state index is 13.4. The SMILES string of the molecule is Nc1ccc2c(c1)C(=O)/C(=N\Nc1ccc(N=Nc3ccc(N=Nc4ccccc4)c4cc(S(=O)(=O)[O-])ccc34)c3cc(S(=O)(=O)[O-])ccc13)C(S(=O)(=O)[O-])=C2.[Na+].[Na+].[Na+]. The number of Topliss-reactive ketones (excluding diaryl/α,β-unsaturated/α-hetero) is 1. The van der Waals surface area contributed by atoms with Gasteiger partial charge in [0.05, 0.1) is 43.1 Å². The molecular formula is C36H22N7Na3O10S3. The van der Waals surface area contributed by atoms with Crippen LogP contribution in [-0.4, -0.2) is 50.4 Å². The smallest absolute Gasteiger partial charge is 0.744 e. The molecule has 17 nitrogen and oxygen atoms in total. The third-order valence-electron chi connectivity index (χ3n) is 8.39. The zero-order valence-corrected chi connectivity index (χ0v) is 39.5. The van der Waals surface area contributed by atoms with Crippen molar-refractivity contribution in [3.05, 3.63) is 125 Å². The molecule has 0 saturated carbocycles. The molecule has 6 aromatic carbocycles. The Kier molecular flexibility index (Phi) is 15.5. The molecular weight excluding hydrogens is 856 g/mol. The Morgan fingerprint density at radius 3 is 1.64 bits per heavy atom. The molecule has 1 aliphatic rings. The molecule has 282 valence electrons. The van der Waals surface area contributed by atoms with E-state index in [-0.39, 0.29) is 144 Å². The number of hydrazone groups is 1. The monoisotopic (exact) mass is 877 g/mol. The van der Waals surface area contributed by atoms with Gasteiger partial charge >= 0.3 is 88.7 Å². The Morgan fingerprint density at radius 1 is 0.542 bits per heavy atom. The van der Waals surface area contributed by atoms with Gasteiger partial charge in [-0.1, -0.05) is 36.4 Å². The van der Waals surface area contributed by atoms with Crippen molar-refractivity contribution in [3.63, 3.8) is 0 Å². The Balaban J connectivity index is 0.00000256. The van der Waals surface area contributed by atoms with Gasteiger partial charge in [-0.3, -0.25) is 10.2 Å². The van der Waals surface area contributed by atoms with Gasteiger partial charge in [-0.05, 0) is 84.4 Å². The third kappa shape index (κ3) is 10.7. The molecule has 0 bridgehead atoms. The van der Waals surface area contributed by atoms with Crippen molar-refractivity contribution in [2.45, 2.75) is 9.79 Å². The van der Waals surface area contributed by atoms with Gasteiger partial charge in [-0.25, -0.2) is 25.3 Å². The molecule has 0 heterocycles. The first-order valence-corrected chi connectivity index (χ1v) is 20.1. The van der Waals surface area contributed by atoms with Crippen LogP contribution in [0.1, 0.15) is 15.9 Å². The molecule has 0 radical (unpaired) electrons. The second-order valence-corrected chi connectivity index (χ2v) is 16.1. The predicted molar refractivity (Wildman–Crippen MR) is 203 cm³/mol. The van der Waals surface area contributed by atoms with Gasteiger partial charge in [0.2, 0.25) is 5.78 Å². The Morgan fingerprint density at radius 2 is 1.07 bits per heavy atom. The minimum Gasteiger partial charge on any atom is -0.744 e. The predicted octanol–water partition coefficient (Wildman–Crippen LogP) is -2.22. The quantitative estimate of drug-likeness (QED) is 0.0514. The number of benzene rings is 6. The molecule has 6 aromatic rings. The van der Waals surface area contributed by atoms with Crippen LogP contribution in [0.5, 0.6) is 0 Å². The number of carbonyl (C=O) groups is 1. The van der Waals surface area contributed by atoms with Crippen LogP contribution in [-0.2, 0) is 30.4 Å². The van der Waals surface area contributed by atoms with E-state index in [1.54, 1.807) is 30.3 Å². The Labute approximate surface area is 403 Å². The summed E-state index contributed by atoms with van der Waals surface area (Å²) in [5.74, 6) is -0.911. The number of nitrogen functional groups attached to an aromatic ring is 1. The molecule has 0 fully saturated rings. The van der Waals surface area contributed by atoms with Crippen molar-refractivity contribution in [3.8, 4) is 0 Å². The van der Waals surface area contributed by atoms with Crippen molar-refractivity contribution in [2.24, 2.45) is 25.6 Å². The van der Waals surface area contributed by atoms with Crippen molar-refractivity contribution >= 4 is 104 Å². The molecule has 0 amide bonds. The van der Waals surface area contributed by atoms with E-state index in [1.807, 2.05) is 0 Å². The molecule has 3 N–H and O–H groups in total. The Hall–Kier alpha value is -3.55. The zero-order chi connectivity index (χ0) is 40.0. The number of nitrogens with two attached hydrogens (primary N) is 1. The molecule has 0 saturated heterocycles. The number of carbonyl (C=O) groups excluding carboxylic acids is 1. The minimum absolute atomic E-state index is 0. The number of rotatable bonds is 9. The molecule has 0 atom stereocenters. The summed E-state index contributed by atoms with van der Waals surface area (Å²) in [6, 6.07) is 25.3. The molecule has 1 aliphatic carbocycles. The second kappa shape index (κ2) is 19.0. The standard InChI is InChI=1S/C36H25N7O10S3.3Na/c37-21-7-6-20-16-34(56(51,52)53)35(36(44)27(20)17-21)43-42-31-13-15-33(29-19-24(55(48,49)50)9-11-26(29)31)41-40-30-12-14-32(39-38-22-4-2-1-3-5-22)28-18-23(54(45,46)47)8-10-25(28)30;;;/h1-19,42H,37H2,(H,45,46,47)(H,48,49,50)(H,51,52,53);;;/q;3*+1/p-3/b39-38?,41-40?,43-35-;;;. The zero-order valence-electron chi connectivity index (χ0n) is 31.1. The van der Waals surface area contributed by atoms with Crippen LogP contribution in [0.2, 0.25) is 0 Å². The van der Waals surface area contributed by atoms with Gasteiger partial charge in [0.15, 0.2) is 0 Å². The topological polar surface area (TPSA) is 289 Å². The normalized spacial score (nSPS) is 13.8. The fourth-order valence-corrected chi connectivity index (χ4v) is 7.39. The van der Waals surface area contributed by atoms with Crippen LogP contribution in [0.3, 0.4) is 0 Å². The number of azo groups is 2. The van der Waals surface area contributed by atoms with E-state index in [0.717, 1.165) is 30.3 Å². The van der Waals surface area contributed by atoms with Crippen LogP contribution in [0.15, 0.2) is 149 Å². The van der Waals surface area contributed by atoms with E-state index in [1.165, 1.54) is 54.6 Å². The number of nitrogens with zero attached hydrogens (tertiary/aromatic N) is 5. The molecule has 23 heteroatoms. The van der Waals surface area contributed by atoms with Gasteiger partial charge < -0.3 is 19.4 Å². The summed E-state index contributed by atoms with van der Waals surface area (Å²) in [7, 11) is -15.1. The Bertz CT molecular complexity index is 3130. The number of ketones is 1. The maximum absolute atomic E-state index is 13.4. The summed E-state index contributed by atoms with van der Waals surface area (Å²) in [5, 5.41) is 21.7. The first kappa shape index (κ1) is 48.1. The van der Waals surface area contributed by atoms with E-state index in [4.69, 9.17) is 5.73 Å². The number of allylic oxidation sites excluding steroid dienone is 1. The number of fused-ring (bicyclic) bond motifs is 3. The van der Waals surface area contributed by atoms with E-state index in [0.29, 0.717) is 11.1 Å². The summed E-state index contributed by atoms with van der Waals surface area (Å²) in [6.07, 6.45) is 0.995. The summed E-state index contributed by atoms with van der Waals surface area (Å²) in [5.41, 5.74) is 8.93. The molecule has 59 heavy (non-hydrogen) atoms. The van der Waals surface area contributed by atoms with Gasteiger partial charge in [0.25, 0.3) is 0 Å². The molecule has 7 rings (SSSR count). The van der Waals surface area contributed by atoms with Crippen LogP contribution in [0.4, 0.5) is 34.1 Å². The summed E-state index contributed by atoms with van der Waals surface area (Å²) >= 11 is 0. The number of hydrogen-bond acceptors (Lipinski definition) is 17. The van der Waals surface area contributed by atoms with Crippen LogP contribution < -0.4 is 99.8 Å². The maximum Gasteiger partial charge on any atom is 1.00 e. The van der Waals surface area contributed by atoms with Crippen molar-refractivity contribution in [2.75, 3.05) is 11.2 Å². The van der Waals surface area contributed by atoms with Crippen LogP contribution in [0.25, 0.3) is 27.6 Å². The molecule has 0 spiro atoms. The largest absolute Gasteiger partial charge is 1.00 e. The van der Waals surface area contributed by atoms with E-state index < -0.39 is 56.5 Å². The molecule has 0 aliphatic heterocycles. The number of nitrogens with one attached hydrogen (secondary N) is 1. The molecule has 0 unspecified atom stereocenters. The van der Waals surface area contributed by atoms with E-state index >= 15 is 0 Å². The fraction of sp³-hybridized carbons (Fsp3) is 0. The van der Waals surface area contributed by atoms with E-state index in [9.17, 15) is 43.7 Å².